The number of aliphatic hydroxyl groups is 1. The van der Waals surface area contributed by atoms with Crippen LogP contribution in [0, 0.1) is 0 Å². The summed E-state index contributed by atoms with van der Waals surface area (Å²) in [7, 11) is 0. The van der Waals surface area contributed by atoms with Gasteiger partial charge in [0, 0.05) is 12.1 Å². The molecular formula is C12H24NO. The Morgan fingerprint density at radius 1 is 0.929 bits per heavy atom. The molecule has 0 atom stereocenters. The van der Waals surface area contributed by atoms with Crippen molar-refractivity contribution in [2.45, 2.75) is 69.7 Å². The summed E-state index contributed by atoms with van der Waals surface area (Å²) in [5.74, 6) is 0. The number of unbranched alkanes of at least 4 members (excludes halogenated alkanes) is 3. The Balaban J connectivity index is 2.03. The number of hydrogen-bond acceptors (Lipinski definition) is 1. The van der Waals surface area contributed by atoms with E-state index < -0.39 is 0 Å². The van der Waals surface area contributed by atoms with E-state index in [1.54, 1.807) is 0 Å². The monoisotopic (exact) mass is 198 g/mol. The topological polar surface area (TPSA) is 44.0 Å². The molecule has 1 aliphatic carbocycles. The summed E-state index contributed by atoms with van der Waals surface area (Å²) in [5.41, 5.74) is 8.17. The van der Waals surface area contributed by atoms with Gasteiger partial charge in [-0.3, -0.25) is 5.73 Å². The first-order valence-electron chi connectivity index (χ1n) is 6.13. The Bertz CT molecular complexity index is 141. The molecule has 2 N–H and O–H groups in total. The molecule has 0 aromatic rings. The molecule has 0 amide bonds. The molecule has 0 aromatic carbocycles. The first-order valence-corrected chi connectivity index (χ1v) is 6.13. The van der Waals surface area contributed by atoms with Crippen LogP contribution in [0.4, 0.5) is 0 Å². The van der Waals surface area contributed by atoms with Crippen LogP contribution in [0.1, 0.15) is 64.2 Å². The molecule has 1 rings (SSSR count). The summed E-state index contributed by atoms with van der Waals surface area (Å²) in [5, 5.41) is 8.63. The van der Waals surface area contributed by atoms with Gasteiger partial charge in [0.25, 0.3) is 0 Å². The van der Waals surface area contributed by atoms with Gasteiger partial charge in [0.15, 0.2) is 0 Å². The minimum atomic E-state index is -0.0858. The van der Waals surface area contributed by atoms with Gasteiger partial charge in [-0.05, 0) is 25.7 Å². The van der Waals surface area contributed by atoms with Crippen LogP contribution < -0.4 is 5.73 Å². The van der Waals surface area contributed by atoms with Crippen molar-refractivity contribution in [3.63, 3.8) is 0 Å². The third kappa shape index (κ3) is 4.43. The first kappa shape index (κ1) is 12.0. The molecule has 1 fully saturated rings. The molecule has 1 saturated carbocycles. The summed E-state index contributed by atoms with van der Waals surface area (Å²) in [4.78, 5) is 0. The first-order chi connectivity index (χ1) is 6.77. The van der Waals surface area contributed by atoms with Crippen molar-refractivity contribution >= 4 is 0 Å². The summed E-state index contributed by atoms with van der Waals surface area (Å²) in [6.07, 6.45) is 11.6. The van der Waals surface area contributed by atoms with Crippen LogP contribution >= 0.6 is 0 Å². The van der Waals surface area contributed by atoms with Gasteiger partial charge in [0.05, 0.1) is 0 Å². The quantitative estimate of drug-likeness (QED) is 0.655. The highest BCUT2D eigenvalue weighted by Crippen LogP contribution is 2.31. The van der Waals surface area contributed by atoms with Crippen molar-refractivity contribution in [2.75, 3.05) is 6.61 Å². The minimum absolute atomic E-state index is 0.0858. The number of hydrogen-bond donors (Lipinski definition) is 1. The fraction of sp³-hybridized carbons (Fsp3) is 1.00. The van der Waals surface area contributed by atoms with Crippen LogP contribution in [-0.2, 0) is 0 Å². The molecule has 0 saturated heterocycles. The van der Waals surface area contributed by atoms with Crippen molar-refractivity contribution in [1.29, 1.82) is 0 Å². The summed E-state index contributed by atoms with van der Waals surface area (Å²) < 4.78 is 0. The van der Waals surface area contributed by atoms with E-state index in [0.717, 1.165) is 32.1 Å². The fourth-order valence-corrected chi connectivity index (χ4v) is 2.41. The van der Waals surface area contributed by atoms with Gasteiger partial charge in [-0.25, -0.2) is 0 Å². The molecule has 0 bridgehead atoms. The van der Waals surface area contributed by atoms with Gasteiger partial charge >= 0.3 is 0 Å². The van der Waals surface area contributed by atoms with Gasteiger partial charge in [-0.15, -0.1) is 0 Å². The van der Waals surface area contributed by atoms with Gasteiger partial charge in [-0.2, -0.15) is 0 Å². The average Bonchev–Trinajstić information content (AvgIpc) is 2.18. The van der Waals surface area contributed by atoms with E-state index in [2.05, 4.69) is 0 Å². The molecule has 83 valence electrons. The third-order valence-electron chi connectivity index (χ3n) is 3.37. The Morgan fingerprint density at radius 3 is 2.21 bits per heavy atom. The Kier molecular flexibility index (Phi) is 5.49. The molecule has 14 heavy (non-hydrogen) atoms. The van der Waals surface area contributed by atoms with Crippen LogP contribution in [-0.4, -0.2) is 17.3 Å². The smallest absolute Gasteiger partial charge is 0.0431 e. The van der Waals surface area contributed by atoms with Gasteiger partial charge < -0.3 is 5.11 Å². The standard InChI is InChI=1S/C12H24NO/c13-12(9-5-3-6-10-12)8-4-1-2-7-11-14/h13-14H,1-11H2. The number of nitrogens with one attached hydrogen (secondary N) is 1. The SMILES string of the molecule is [NH]C1(CCCCCCO)CCCCC1. The van der Waals surface area contributed by atoms with Crippen molar-refractivity contribution in [2.24, 2.45) is 0 Å². The van der Waals surface area contributed by atoms with Gasteiger partial charge in [0.1, 0.15) is 0 Å². The maximum Gasteiger partial charge on any atom is 0.0431 e. The molecule has 0 unspecified atom stereocenters. The highest BCUT2D eigenvalue weighted by atomic mass is 16.2. The van der Waals surface area contributed by atoms with Crippen molar-refractivity contribution in [3.05, 3.63) is 0 Å². The van der Waals surface area contributed by atoms with Crippen LogP contribution in [0.2, 0.25) is 0 Å². The zero-order valence-corrected chi connectivity index (χ0v) is 9.23. The molecule has 2 heteroatoms. The lowest BCUT2D eigenvalue weighted by molar-refractivity contribution is 0.254. The van der Waals surface area contributed by atoms with Gasteiger partial charge in [0.2, 0.25) is 0 Å². The van der Waals surface area contributed by atoms with Crippen molar-refractivity contribution in [1.82, 2.24) is 5.73 Å². The van der Waals surface area contributed by atoms with E-state index in [1.807, 2.05) is 0 Å². The molecule has 1 aliphatic rings. The van der Waals surface area contributed by atoms with Crippen LogP contribution in [0.3, 0.4) is 0 Å². The number of rotatable bonds is 6. The van der Waals surface area contributed by atoms with Crippen molar-refractivity contribution in [3.8, 4) is 0 Å². The van der Waals surface area contributed by atoms with E-state index in [4.69, 9.17) is 10.8 Å². The highest BCUT2D eigenvalue weighted by molar-refractivity contribution is 4.86. The molecule has 0 heterocycles. The van der Waals surface area contributed by atoms with E-state index >= 15 is 0 Å². The van der Waals surface area contributed by atoms with Crippen molar-refractivity contribution < 1.29 is 5.11 Å². The second kappa shape index (κ2) is 6.41. The summed E-state index contributed by atoms with van der Waals surface area (Å²) >= 11 is 0. The molecule has 2 nitrogen and oxygen atoms in total. The third-order valence-corrected chi connectivity index (χ3v) is 3.37. The maximum atomic E-state index is 8.63. The lowest BCUT2D eigenvalue weighted by Gasteiger charge is -2.32. The van der Waals surface area contributed by atoms with E-state index in [0.29, 0.717) is 6.61 Å². The Labute approximate surface area is 87.9 Å². The normalized spacial score (nSPS) is 21.0. The minimum Gasteiger partial charge on any atom is -0.396 e. The van der Waals surface area contributed by atoms with Gasteiger partial charge in [-0.1, -0.05) is 38.5 Å². The van der Waals surface area contributed by atoms with Crippen LogP contribution in [0.5, 0.6) is 0 Å². The highest BCUT2D eigenvalue weighted by Gasteiger charge is 2.27. The van der Waals surface area contributed by atoms with Crippen LogP contribution in [0.15, 0.2) is 0 Å². The molecular weight excluding hydrogens is 174 g/mol. The average molecular weight is 198 g/mol. The van der Waals surface area contributed by atoms with Crippen LogP contribution in [0.25, 0.3) is 0 Å². The van der Waals surface area contributed by atoms with E-state index in [9.17, 15) is 0 Å². The molecule has 0 spiro atoms. The second-order valence-corrected chi connectivity index (χ2v) is 4.73. The lowest BCUT2D eigenvalue weighted by Crippen LogP contribution is -2.33. The molecule has 0 aliphatic heterocycles. The predicted molar refractivity (Wildman–Crippen MR) is 59.1 cm³/mol. The van der Waals surface area contributed by atoms with E-state index in [-0.39, 0.29) is 5.54 Å². The number of aliphatic hydroxyl groups excluding tert-OH is 1. The second-order valence-electron chi connectivity index (χ2n) is 4.73. The molecule has 1 radical (unpaired) electrons. The Morgan fingerprint density at radius 2 is 1.57 bits per heavy atom. The van der Waals surface area contributed by atoms with E-state index in [1.165, 1.54) is 32.1 Å². The predicted octanol–water partition coefficient (Wildman–Crippen LogP) is 2.92. The fourth-order valence-electron chi connectivity index (χ4n) is 2.41. The largest absolute Gasteiger partial charge is 0.396 e. The maximum absolute atomic E-state index is 8.63. The zero-order chi connectivity index (χ0) is 10.3. The summed E-state index contributed by atoms with van der Waals surface area (Å²) in [6, 6.07) is 0. The molecule has 0 aromatic heterocycles. The zero-order valence-electron chi connectivity index (χ0n) is 9.23. The Hall–Kier alpha value is -0.0800. The summed E-state index contributed by atoms with van der Waals surface area (Å²) in [6.45, 7) is 0.325. The lowest BCUT2D eigenvalue weighted by atomic mass is 9.79.